The van der Waals surface area contributed by atoms with Gasteiger partial charge in [0.15, 0.2) is 0 Å². The number of halogens is 3. The smallest absolute Gasteiger partial charge is 0.207 e. The highest BCUT2D eigenvalue weighted by Crippen LogP contribution is 2.20. The van der Waals surface area contributed by atoms with Gasteiger partial charge in [-0.2, -0.15) is 17.5 Å². The first-order valence-electron chi connectivity index (χ1n) is 4.31. The summed E-state index contributed by atoms with van der Waals surface area (Å²) < 4.78 is 59.7. The van der Waals surface area contributed by atoms with Gasteiger partial charge in [-0.3, -0.25) is 0 Å². The Balaban J connectivity index is 2.96. The summed E-state index contributed by atoms with van der Waals surface area (Å²) in [6.07, 6.45) is -4.55. The van der Waals surface area contributed by atoms with Gasteiger partial charge in [-0.25, -0.2) is 8.42 Å². The van der Waals surface area contributed by atoms with E-state index < -0.39 is 22.7 Å². The lowest BCUT2D eigenvalue weighted by atomic mass is 10.4. The maximum atomic E-state index is 12.0. The van der Waals surface area contributed by atoms with E-state index in [1.54, 1.807) is 6.07 Å². The highest BCUT2D eigenvalue weighted by atomic mass is 32.2. The van der Waals surface area contributed by atoms with Gasteiger partial charge in [-0.05, 0) is 12.1 Å². The topological polar surface area (TPSA) is 37.4 Å². The van der Waals surface area contributed by atoms with Gasteiger partial charge < -0.3 is 0 Å². The lowest BCUT2D eigenvalue weighted by Crippen LogP contribution is -2.35. The van der Waals surface area contributed by atoms with Crippen LogP contribution in [0.15, 0.2) is 35.2 Å². The molecule has 1 aromatic rings. The Morgan fingerprint density at radius 3 is 2.12 bits per heavy atom. The van der Waals surface area contributed by atoms with Crippen molar-refractivity contribution in [3.8, 4) is 0 Å². The zero-order chi connectivity index (χ0) is 12.4. The van der Waals surface area contributed by atoms with Gasteiger partial charge in [0, 0.05) is 7.05 Å². The summed E-state index contributed by atoms with van der Waals surface area (Å²) in [6.45, 7) is -1.50. The van der Waals surface area contributed by atoms with Crippen LogP contribution in [0.1, 0.15) is 0 Å². The molecule has 0 fully saturated rings. The molecule has 90 valence electrons. The SMILES string of the molecule is CN(CC(F)(F)F)S(=O)(=O)c1ccccc1. The van der Waals surface area contributed by atoms with Gasteiger partial charge in [-0.1, -0.05) is 18.2 Å². The van der Waals surface area contributed by atoms with Crippen molar-refractivity contribution < 1.29 is 21.6 Å². The van der Waals surface area contributed by atoms with Crippen LogP contribution >= 0.6 is 0 Å². The van der Waals surface area contributed by atoms with Crippen molar-refractivity contribution in [3.05, 3.63) is 30.3 Å². The highest BCUT2D eigenvalue weighted by molar-refractivity contribution is 7.89. The average Bonchev–Trinajstić information content (AvgIpc) is 2.16. The molecular weight excluding hydrogens is 243 g/mol. The van der Waals surface area contributed by atoms with Crippen LogP contribution in [-0.2, 0) is 10.0 Å². The molecule has 0 aliphatic heterocycles. The van der Waals surface area contributed by atoms with Gasteiger partial charge in [0.2, 0.25) is 10.0 Å². The first kappa shape index (κ1) is 13.0. The van der Waals surface area contributed by atoms with Crippen LogP contribution in [-0.4, -0.2) is 32.5 Å². The molecule has 0 bridgehead atoms. The zero-order valence-electron chi connectivity index (χ0n) is 8.40. The number of hydrogen-bond acceptors (Lipinski definition) is 2. The Morgan fingerprint density at radius 1 is 1.19 bits per heavy atom. The zero-order valence-corrected chi connectivity index (χ0v) is 9.22. The fraction of sp³-hybridized carbons (Fsp3) is 0.333. The molecule has 0 heterocycles. The Bertz CT molecular complexity index is 442. The first-order chi connectivity index (χ1) is 7.23. The van der Waals surface area contributed by atoms with Gasteiger partial charge in [0.25, 0.3) is 0 Å². The van der Waals surface area contributed by atoms with Crippen LogP contribution in [0.5, 0.6) is 0 Å². The Kier molecular flexibility index (Phi) is 3.59. The third kappa shape index (κ3) is 3.21. The number of rotatable bonds is 3. The summed E-state index contributed by atoms with van der Waals surface area (Å²) in [5, 5.41) is 0. The Hall–Kier alpha value is -1.08. The van der Waals surface area contributed by atoms with Crippen LogP contribution < -0.4 is 0 Å². The van der Waals surface area contributed by atoms with Crippen molar-refractivity contribution in [2.75, 3.05) is 13.6 Å². The van der Waals surface area contributed by atoms with E-state index in [2.05, 4.69) is 0 Å². The number of sulfonamides is 1. The third-order valence-electron chi connectivity index (χ3n) is 1.85. The van der Waals surface area contributed by atoms with E-state index in [0.717, 1.165) is 7.05 Å². The maximum Gasteiger partial charge on any atom is 0.402 e. The van der Waals surface area contributed by atoms with Gasteiger partial charge >= 0.3 is 6.18 Å². The molecule has 1 rings (SSSR count). The maximum absolute atomic E-state index is 12.0. The fourth-order valence-corrected chi connectivity index (χ4v) is 2.29. The molecule has 16 heavy (non-hydrogen) atoms. The van der Waals surface area contributed by atoms with E-state index in [1.807, 2.05) is 0 Å². The normalized spacial score (nSPS) is 13.1. The fourth-order valence-electron chi connectivity index (χ4n) is 1.11. The van der Waals surface area contributed by atoms with E-state index in [9.17, 15) is 21.6 Å². The molecule has 0 aromatic heterocycles. The minimum absolute atomic E-state index is 0.151. The molecule has 0 spiro atoms. The van der Waals surface area contributed by atoms with Gasteiger partial charge in [-0.15, -0.1) is 0 Å². The van der Waals surface area contributed by atoms with Crippen molar-refractivity contribution in [3.63, 3.8) is 0 Å². The van der Waals surface area contributed by atoms with Crippen LogP contribution in [0, 0.1) is 0 Å². The molecule has 0 saturated carbocycles. The van der Waals surface area contributed by atoms with Crippen molar-refractivity contribution in [1.29, 1.82) is 0 Å². The number of nitrogens with zero attached hydrogens (tertiary/aromatic N) is 1. The minimum atomic E-state index is -4.55. The molecule has 3 nitrogen and oxygen atoms in total. The van der Waals surface area contributed by atoms with E-state index in [0.29, 0.717) is 0 Å². The predicted molar refractivity (Wildman–Crippen MR) is 52.3 cm³/mol. The molecule has 0 saturated heterocycles. The van der Waals surface area contributed by atoms with E-state index >= 15 is 0 Å². The van der Waals surface area contributed by atoms with Crippen molar-refractivity contribution in [2.45, 2.75) is 11.1 Å². The predicted octanol–water partition coefficient (Wildman–Crippen LogP) is 1.87. The number of benzene rings is 1. The second kappa shape index (κ2) is 4.42. The van der Waals surface area contributed by atoms with Crippen molar-refractivity contribution in [1.82, 2.24) is 4.31 Å². The summed E-state index contributed by atoms with van der Waals surface area (Å²) in [7, 11) is -3.16. The molecule has 0 aliphatic carbocycles. The highest BCUT2D eigenvalue weighted by Gasteiger charge is 2.34. The minimum Gasteiger partial charge on any atom is -0.207 e. The lowest BCUT2D eigenvalue weighted by molar-refractivity contribution is -0.134. The summed E-state index contributed by atoms with van der Waals surface area (Å²) in [5.41, 5.74) is 0. The average molecular weight is 253 g/mol. The van der Waals surface area contributed by atoms with Gasteiger partial charge in [0.05, 0.1) is 4.90 Å². The Morgan fingerprint density at radius 2 is 1.69 bits per heavy atom. The molecule has 0 N–H and O–H groups in total. The molecule has 0 amide bonds. The summed E-state index contributed by atoms with van der Waals surface area (Å²) in [5.74, 6) is 0. The van der Waals surface area contributed by atoms with Crippen LogP contribution in [0.4, 0.5) is 13.2 Å². The van der Waals surface area contributed by atoms with Crippen LogP contribution in [0.2, 0.25) is 0 Å². The Labute approximate surface area is 91.5 Å². The second-order valence-corrected chi connectivity index (χ2v) is 5.23. The first-order valence-corrected chi connectivity index (χ1v) is 5.75. The van der Waals surface area contributed by atoms with Crippen LogP contribution in [0.3, 0.4) is 0 Å². The molecule has 1 aromatic carbocycles. The second-order valence-electron chi connectivity index (χ2n) is 3.19. The quantitative estimate of drug-likeness (QED) is 0.824. The summed E-state index contributed by atoms with van der Waals surface area (Å²) in [4.78, 5) is -0.151. The third-order valence-corrected chi connectivity index (χ3v) is 3.67. The summed E-state index contributed by atoms with van der Waals surface area (Å²) in [6, 6.07) is 7.00. The largest absolute Gasteiger partial charge is 0.402 e. The monoisotopic (exact) mass is 253 g/mol. The molecular formula is C9H10F3NO2S. The summed E-state index contributed by atoms with van der Waals surface area (Å²) >= 11 is 0. The molecule has 0 unspecified atom stereocenters. The van der Waals surface area contributed by atoms with Crippen LogP contribution in [0.25, 0.3) is 0 Å². The molecule has 0 atom stereocenters. The number of hydrogen-bond donors (Lipinski definition) is 0. The van der Waals surface area contributed by atoms with Gasteiger partial charge in [0.1, 0.15) is 6.54 Å². The van der Waals surface area contributed by atoms with E-state index in [4.69, 9.17) is 0 Å². The standard InChI is InChI=1S/C9H10F3NO2S/c1-13(7-9(10,11)12)16(14,15)8-5-3-2-4-6-8/h2-6H,7H2,1H3. The number of alkyl halides is 3. The molecule has 7 heteroatoms. The van der Waals surface area contributed by atoms with E-state index in [1.165, 1.54) is 24.3 Å². The molecule has 0 aliphatic rings. The van der Waals surface area contributed by atoms with E-state index in [-0.39, 0.29) is 9.20 Å². The molecule has 0 radical (unpaired) electrons. The van der Waals surface area contributed by atoms with Crippen molar-refractivity contribution >= 4 is 10.0 Å². The lowest BCUT2D eigenvalue weighted by Gasteiger charge is -2.18. The van der Waals surface area contributed by atoms with Crippen molar-refractivity contribution in [2.24, 2.45) is 0 Å².